The molecule has 2 rings (SSSR count). The highest BCUT2D eigenvalue weighted by Gasteiger charge is 2.29. The Hall–Kier alpha value is -3.14. The number of nitrogens with zero attached hydrogens (tertiary/aromatic N) is 1. The molecule has 0 aromatic heterocycles. The van der Waals surface area contributed by atoms with E-state index in [2.05, 4.69) is 9.46 Å². The number of allylic oxidation sites excluding steroid dienone is 2. The van der Waals surface area contributed by atoms with Crippen molar-refractivity contribution in [1.29, 1.82) is 0 Å². The van der Waals surface area contributed by atoms with Crippen LogP contribution in [0.4, 0.5) is 15.8 Å². The van der Waals surface area contributed by atoms with Crippen molar-refractivity contribution in [2.45, 2.75) is 0 Å². The number of carbonyl (C=O) groups is 2. The van der Waals surface area contributed by atoms with Gasteiger partial charge in [0, 0.05) is 6.20 Å². The van der Waals surface area contributed by atoms with Crippen molar-refractivity contribution in [3.8, 4) is 0 Å². The van der Waals surface area contributed by atoms with Crippen LogP contribution in [0.1, 0.15) is 0 Å². The maximum absolute atomic E-state index is 14.5. The first kappa shape index (κ1) is 20.2. The summed E-state index contributed by atoms with van der Waals surface area (Å²) in [6, 6.07) is 3.44. The lowest BCUT2D eigenvalue weighted by atomic mass is 10.1. The standard InChI is InChI=1S/C17H17FN2O6S/c1-25-16(21)12-6-4-5-9-20(15(12)17(22)26-2)14-10-11(7-8-13(14)18)19-27(3,23)24/h4-10,19H,1-3H3. The van der Waals surface area contributed by atoms with Gasteiger partial charge in [-0.05, 0) is 30.4 Å². The molecule has 0 amide bonds. The number of methoxy groups -OCH3 is 2. The second-order valence-corrected chi connectivity index (χ2v) is 7.10. The quantitative estimate of drug-likeness (QED) is 0.756. The van der Waals surface area contributed by atoms with Gasteiger partial charge in [0.2, 0.25) is 10.0 Å². The smallest absolute Gasteiger partial charge is 0.355 e. The number of halogens is 1. The van der Waals surface area contributed by atoms with Gasteiger partial charge < -0.3 is 14.4 Å². The van der Waals surface area contributed by atoms with E-state index in [0.29, 0.717) is 0 Å². The van der Waals surface area contributed by atoms with Crippen molar-refractivity contribution in [2.75, 3.05) is 30.1 Å². The van der Waals surface area contributed by atoms with Gasteiger partial charge in [0.15, 0.2) is 0 Å². The van der Waals surface area contributed by atoms with Crippen LogP contribution >= 0.6 is 0 Å². The zero-order valence-electron chi connectivity index (χ0n) is 14.7. The predicted octanol–water partition coefficient (Wildman–Crippen LogP) is 1.69. The van der Waals surface area contributed by atoms with Crippen LogP contribution in [0.15, 0.2) is 53.9 Å². The summed E-state index contributed by atoms with van der Waals surface area (Å²) in [7, 11) is -1.36. The zero-order chi connectivity index (χ0) is 20.2. The van der Waals surface area contributed by atoms with E-state index in [4.69, 9.17) is 4.74 Å². The molecule has 27 heavy (non-hydrogen) atoms. The third-order valence-corrected chi connectivity index (χ3v) is 4.00. The number of benzene rings is 1. The molecule has 0 radical (unpaired) electrons. The molecule has 0 unspecified atom stereocenters. The fraction of sp³-hybridized carbons (Fsp3) is 0.176. The van der Waals surface area contributed by atoms with Crippen LogP contribution in [0.3, 0.4) is 0 Å². The zero-order valence-corrected chi connectivity index (χ0v) is 15.5. The minimum Gasteiger partial charge on any atom is -0.465 e. The highest BCUT2D eigenvalue weighted by molar-refractivity contribution is 7.92. The summed E-state index contributed by atoms with van der Waals surface area (Å²) < 4.78 is 49.0. The molecule has 0 bridgehead atoms. The normalized spacial score (nSPS) is 14.0. The minimum atomic E-state index is -3.61. The van der Waals surface area contributed by atoms with E-state index < -0.39 is 27.8 Å². The monoisotopic (exact) mass is 396 g/mol. The average Bonchev–Trinajstić information content (AvgIpc) is 2.83. The van der Waals surface area contributed by atoms with E-state index in [1.165, 1.54) is 36.6 Å². The Kier molecular flexibility index (Phi) is 6.01. The molecular weight excluding hydrogens is 379 g/mol. The van der Waals surface area contributed by atoms with Gasteiger partial charge in [-0.2, -0.15) is 0 Å². The summed E-state index contributed by atoms with van der Waals surface area (Å²) in [6.45, 7) is 0. The maximum atomic E-state index is 14.5. The van der Waals surface area contributed by atoms with Crippen molar-refractivity contribution >= 4 is 33.3 Å². The van der Waals surface area contributed by atoms with Crippen LogP contribution in [-0.2, 0) is 29.1 Å². The molecule has 0 spiro atoms. The molecule has 1 aliphatic rings. The summed E-state index contributed by atoms with van der Waals surface area (Å²) in [4.78, 5) is 25.5. The van der Waals surface area contributed by atoms with Gasteiger partial charge in [-0.3, -0.25) is 4.72 Å². The first-order valence-electron chi connectivity index (χ1n) is 7.50. The average molecular weight is 396 g/mol. The van der Waals surface area contributed by atoms with Gasteiger partial charge in [-0.25, -0.2) is 22.4 Å². The SMILES string of the molecule is COC(=O)C1=C(C(=O)OC)N(c2cc(NS(C)(=O)=O)ccc2F)C=CC=C1. The number of sulfonamides is 1. The molecule has 1 aromatic rings. The lowest BCUT2D eigenvalue weighted by Crippen LogP contribution is -2.27. The van der Waals surface area contributed by atoms with E-state index in [1.807, 2.05) is 0 Å². The van der Waals surface area contributed by atoms with E-state index in [0.717, 1.165) is 31.4 Å². The second-order valence-electron chi connectivity index (χ2n) is 5.36. The van der Waals surface area contributed by atoms with E-state index in [1.54, 1.807) is 0 Å². The van der Waals surface area contributed by atoms with Crippen molar-refractivity contribution < 1.29 is 31.9 Å². The molecule has 0 atom stereocenters. The van der Waals surface area contributed by atoms with Gasteiger partial charge in [0.05, 0.1) is 37.4 Å². The fourth-order valence-corrected chi connectivity index (χ4v) is 2.88. The Morgan fingerprint density at radius 1 is 1.11 bits per heavy atom. The number of carbonyl (C=O) groups excluding carboxylic acids is 2. The Bertz CT molecular complexity index is 966. The third-order valence-electron chi connectivity index (χ3n) is 3.40. The number of anilines is 2. The summed E-state index contributed by atoms with van der Waals surface area (Å²) >= 11 is 0. The Balaban J connectivity index is 2.68. The molecule has 1 heterocycles. The molecule has 8 nitrogen and oxygen atoms in total. The molecular formula is C17H17FN2O6S. The number of nitrogens with one attached hydrogen (secondary N) is 1. The van der Waals surface area contributed by atoms with Gasteiger partial charge >= 0.3 is 11.9 Å². The molecule has 1 aliphatic heterocycles. The number of esters is 2. The van der Waals surface area contributed by atoms with E-state index in [9.17, 15) is 22.4 Å². The number of ether oxygens (including phenoxy) is 2. The topological polar surface area (TPSA) is 102 Å². The molecule has 1 aromatic carbocycles. The molecule has 0 aliphatic carbocycles. The predicted molar refractivity (Wildman–Crippen MR) is 96.7 cm³/mol. The fourth-order valence-electron chi connectivity index (χ4n) is 2.33. The lowest BCUT2D eigenvalue weighted by molar-refractivity contribution is -0.139. The number of hydrogen-bond donors (Lipinski definition) is 1. The summed E-state index contributed by atoms with van der Waals surface area (Å²) in [5.41, 5.74) is -0.547. The molecule has 0 saturated carbocycles. The number of rotatable bonds is 5. The molecule has 10 heteroatoms. The highest BCUT2D eigenvalue weighted by atomic mass is 32.2. The van der Waals surface area contributed by atoms with E-state index in [-0.39, 0.29) is 22.6 Å². The lowest BCUT2D eigenvalue weighted by Gasteiger charge is -2.24. The largest absolute Gasteiger partial charge is 0.465 e. The van der Waals surface area contributed by atoms with E-state index >= 15 is 0 Å². The van der Waals surface area contributed by atoms with Gasteiger partial charge in [-0.1, -0.05) is 6.08 Å². The van der Waals surface area contributed by atoms with Crippen molar-refractivity contribution in [3.05, 3.63) is 59.7 Å². The number of hydrogen-bond acceptors (Lipinski definition) is 7. The molecule has 0 saturated heterocycles. The Morgan fingerprint density at radius 2 is 1.78 bits per heavy atom. The summed E-state index contributed by atoms with van der Waals surface area (Å²) in [5, 5.41) is 0. The molecule has 1 N–H and O–H groups in total. The van der Waals surface area contributed by atoms with Crippen LogP contribution < -0.4 is 9.62 Å². The minimum absolute atomic E-state index is 0.0725. The second kappa shape index (κ2) is 8.04. The summed E-state index contributed by atoms with van der Waals surface area (Å²) in [6.07, 6.45) is 6.54. The van der Waals surface area contributed by atoms with Gasteiger partial charge in [0.1, 0.15) is 11.5 Å². The van der Waals surface area contributed by atoms with Crippen LogP contribution in [0.25, 0.3) is 0 Å². The maximum Gasteiger partial charge on any atom is 0.355 e. The van der Waals surface area contributed by atoms with Crippen molar-refractivity contribution in [1.82, 2.24) is 0 Å². The van der Waals surface area contributed by atoms with Crippen LogP contribution in [0.2, 0.25) is 0 Å². The first-order valence-corrected chi connectivity index (χ1v) is 9.39. The van der Waals surface area contributed by atoms with Crippen LogP contribution in [0.5, 0.6) is 0 Å². The molecule has 144 valence electrons. The van der Waals surface area contributed by atoms with Crippen LogP contribution in [-0.4, -0.2) is 40.8 Å². The van der Waals surface area contributed by atoms with Crippen molar-refractivity contribution in [3.63, 3.8) is 0 Å². The van der Waals surface area contributed by atoms with Gasteiger partial charge in [0.25, 0.3) is 0 Å². The van der Waals surface area contributed by atoms with Crippen molar-refractivity contribution in [2.24, 2.45) is 0 Å². The Labute approximate surface area is 155 Å². The summed E-state index contributed by atoms with van der Waals surface area (Å²) in [5.74, 6) is -2.50. The third kappa shape index (κ3) is 4.73. The first-order chi connectivity index (χ1) is 12.7. The van der Waals surface area contributed by atoms with Crippen LogP contribution in [0, 0.1) is 5.82 Å². The molecule has 0 fully saturated rings. The Morgan fingerprint density at radius 3 is 2.37 bits per heavy atom. The van der Waals surface area contributed by atoms with Gasteiger partial charge in [-0.15, -0.1) is 0 Å². The highest BCUT2D eigenvalue weighted by Crippen LogP contribution is 2.31.